The number of hydrogen-bond donors (Lipinski definition) is 2. The summed E-state index contributed by atoms with van der Waals surface area (Å²) in [4.78, 5) is 41.8. The number of carbonyl (C=O) groups excluding carboxylic acids is 3. The Kier molecular flexibility index (Phi) is 3.29. The Balaban J connectivity index is 0.941. The first-order valence-electron chi connectivity index (χ1n) is 12.8. The van der Waals surface area contributed by atoms with Crippen molar-refractivity contribution in [1.82, 2.24) is 25.2 Å². The number of amides is 2. The molecule has 2 aromatic heterocycles. The van der Waals surface area contributed by atoms with Crippen LogP contribution in [0.2, 0.25) is 0 Å². The van der Waals surface area contributed by atoms with Crippen molar-refractivity contribution < 1.29 is 23.5 Å². The third kappa shape index (κ3) is 2.00. The number of halogens is 1. The van der Waals surface area contributed by atoms with Crippen molar-refractivity contribution in [2.75, 3.05) is 6.54 Å². The van der Waals surface area contributed by atoms with Gasteiger partial charge in [0.25, 0.3) is 11.8 Å². The van der Waals surface area contributed by atoms with E-state index in [9.17, 15) is 18.8 Å². The maximum atomic E-state index is 14.4. The van der Waals surface area contributed by atoms with Gasteiger partial charge in [-0.15, -0.1) is 0 Å². The molecular weight excluding hydrogens is 477 g/mol. The van der Waals surface area contributed by atoms with Gasteiger partial charge >= 0.3 is 5.97 Å². The Morgan fingerprint density at radius 3 is 2.62 bits per heavy atom. The highest BCUT2D eigenvalue weighted by Gasteiger charge is 3.08. The number of benzene rings is 1. The van der Waals surface area contributed by atoms with E-state index in [0.717, 1.165) is 57.3 Å². The Morgan fingerprint density at radius 2 is 1.86 bits per heavy atom. The van der Waals surface area contributed by atoms with Gasteiger partial charge in [-0.05, 0) is 64.0 Å². The second-order valence-corrected chi connectivity index (χ2v) is 11.8. The molecule has 0 atom stereocenters. The van der Waals surface area contributed by atoms with Crippen molar-refractivity contribution in [3.8, 4) is 5.75 Å². The lowest BCUT2D eigenvalue weighted by atomic mass is 8.92. The summed E-state index contributed by atoms with van der Waals surface area (Å²) < 4.78 is 20.7. The maximum absolute atomic E-state index is 14.4. The summed E-state index contributed by atoms with van der Waals surface area (Å²) in [7, 11) is 0. The number of carbonyl (C=O) groups is 3. The molecule has 0 saturated heterocycles. The van der Waals surface area contributed by atoms with E-state index >= 15 is 0 Å². The van der Waals surface area contributed by atoms with Gasteiger partial charge < -0.3 is 15.4 Å². The minimum Gasteiger partial charge on any atom is -0.426 e. The molecular formula is C27H22FN5O4. The van der Waals surface area contributed by atoms with Crippen LogP contribution in [0, 0.1) is 52.2 Å². The molecule has 3 aromatic rings. The van der Waals surface area contributed by atoms with Crippen LogP contribution in [-0.4, -0.2) is 38.9 Å². The zero-order valence-electron chi connectivity index (χ0n) is 19.8. The lowest BCUT2D eigenvalue weighted by molar-refractivity contribution is -0.651. The smallest absolute Gasteiger partial charge is 0.315 e. The summed E-state index contributed by atoms with van der Waals surface area (Å²) in [5, 5.41) is 9.83. The second kappa shape index (κ2) is 6.00. The topological polar surface area (TPSA) is 115 Å². The van der Waals surface area contributed by atoms with Crippen LogP contribution in [0.4, 0.5) is 4.39 Å². The van der Waals surface area contributed by atoms with Gasteiger partial charge in [-0.2, -0.15) is 5.10 Å². The summed E-state index contributed by atoms with van der Waals surface area (Å²) in [5.41, 5.74) is 2.28. The fourth-order valence-electron chi connectivity index (χ4n) is 9.75. The molecule has 10 heteroatoms. The first kappa shape index (κ1) is 20.3. The highest BCUT2D eigenvalue weighted by atomic mass is 19.1. The maximum Gasteiger partial charge on any atom is 0.315 e. The number of rotatable bonds is 6. The number of hydrogen-bond acceptors (Lipinski definition) is 6. The van der Waals surface area contributed by atoms with E-state index in [4.69, 9.17) is 4.74 Å². The highest BCUT2D eigenvalue weighted by molar-refractivity contribution is 5.98. The van der Waals surface area contributed by atoms with Crippen LogP contribution in [0.1, 0.15) is 39.0 Å². The van der Waals surface area contributed by atoms with Crippen LogP contribution in [-0.2, 0) is 17.8 Å². The number of nitrogens with zero attached hydrogens (tertiary/aromatic N) is 3. The van der Waals surface area contributed by atoms with Crippen LogP contribution in [0.3, 0.4) is 0 Å². The molecule has 9 nitrogen and oxygen atoms in total. The second-order valence-electron chi connectivity index (χ2n) is 11.8. The molecule has 10 rings (SSSR count). The van der Waals surface area contributed by atoms with Gasteiger partial charge in [0.1, 0.15) is 17.1 Å². The van der Waals surface area contributed by atoms with Gasteiger partial charge in [-0.3, -0.25) is 14.4 Å². The van der Waals surface area contributed by atoms with Gasteiger partial charge in [0, 0.05) is 24.7 Å². The molecule has 0 spiro atoms. The summed E-state index contributed by atoms with van der Waals surface area (Å²) in [5.74, 6) is 3.49. The van der Waals surface area contributed by atoms with E-state index in [2.05, 4.69) is 27.6 Å². The predicted molar refractivity (Wildman–Crippen MR) is 124 cm³/mol. The minimum absolute atomic E-state index is 0.0684. The number of esters is 1. The molecule has 37 heavy (non-hydrogen) atoms. The molecule has 0 radical (unpaired) electrons. The Morgan fingerprint density at radius 1 is 1.11 bits per heavy atom. The zero-order chi connectivity index (χ0) is 25.0. The SMILES string of the molecule is CC12C3C4C1C1C2C3C41CNC(=O)c1cc(C(=O)NCc2ccc3c(c2)CC(=O)O3)nc2c(F)cnn12. The monoisotopic (exact) mass is 499 g/mol. The van der Waals surface area contributed by atoms with E-state index < -0.39 is 11.7 Å². The normalized spacial score (nSPS) is 37.7. The van der Waals surface area contributed by atoms with Gasteiger partial charge in [0.15, 0.2) is 11.5 Å². The number of ether oxygens (including phenoxy) is 1. The van der Waals surface area contributed by atoms with E-state index in [1.807, 2.05) is 0 Å². The van der Waals surface area contributed by atoms with E-state index in [1.54, 1.807) is 18.2 Å². The van der Waals surface area contributed by atoms with Crippen molar-refractivity contribution in [2.45, 2.75) is 19.9 Å². The van der Waals surface area contributed by atoms with Crippen LogP contribution in [0.15, 0.2) is 30.5 Å². The summed E-state index contributed by atoms with van der Waals surface area (Å²) in [6.45, 7) is 3.24. The number of nitrogens with one attached hydrogen (secondary N) is 2. The van der Waals surface area contributed by atoms with Gasteiger partial charge in [-0.25, -0.2) is 13.9 Å². The number of aromatic nitrogens is 3. The summed E-state index contributed by atoms with van der Waals surface area (Å²) in [6.07, 6.45) is 1.19. The third-order valence-corrected chi connectivity index (χ3v) is 10.9. The number of fused-ring (bicyclic) bond motifs is 2. The van der Waals surface area contributed by atoms with Crippen molar-refractivity contribution in [3.05, 3.63) is 58.8 Å². The average Bonchev–Trinajstić information content (AvgIpc) is 3.47. The third-order valence-electron chi connectivity index (χ3n) is 10.9. The molecule has 1 aromatic carbocycles. The van der Waals surface area contributed by atoms with Crippen molar-refractivity contribution in [3.63, 3.8) is 0 Å². The molecule has 6 saturated carbocycles. The van der Waals surface area contributed by atoms with E-state index in [1.165, 1.54) is 6.07 Å². The quantitative estimate of drug-likeness (QED) is 0.395. The molecule has 0 unspecified atom stereocenters. The zero-order valence-corrected chi connectivity index (χ0v) is 19.8. The minimum atomic E-state index is -0.707. The van der Waals surface area contributed by atoms with Gasteiger partial charge in [0.05, 0.1) is 12.6 Å². The van der Waals surface area contributed by atoms with Gasteiger partial charge in [-0.1, -0.05) is 13.0 Å². The van der Waals surface area contributed by atoms with Crippen LogP contribution in [0.5, 0.6) is 5.75 Å². The molecule has 0 bridgehead atoms. The van der Waals surface area contributed by atoms with Crippen LogP contribution < -0.4 is 15.4 Å². The van der Waals surface area contributed by atoms with Crippen molar-refractivity contribution in [2.24, 2.45) is 46.3 Å². The summed E-state index contributed by atoms with van der Waals surface area (Å²) >= 11 is 0. The molecule has 6 fully saturated rings. The fraction of sp³-hybridized carbons (Fsp3) is 0.444. The first-order valence-corrected chi connectivity index (χ1v) is 12.8. The Labute approximate surface area is 209 Å². The molecule has 3 heterocycles. The summed E-state index contributed by atoms with van der Waals surface area (Å²) in [6, 6.07) is 6.62. The molecule has 1 aliphatic heterocycles. The van der Waals surface area contributed by atoms with Crippen molar-refractivity contribution in [1.29, 1.82) is 0 Å². The standard InChI is InChI=1S/C27H22FN5O4/c1-26-17-20-18(26)22-19(26)21(17)27(20,22)9-30-25(36)14-6-13(32-23-12(28)8-31-33(14)23)24(35)29-7-10-2-3-15-11(4-10)5-16(34)37-15/h2-4,6,8,17-22H,5,7,9H2,1H3,(H,29,35)(H,30,36). The molecule has 7 aliphatic rings. The average molecular weight is 500 g/mol. The van der Waals surface area contributed by atoms with Crippen molar-refractivity contribution >= 4 is 23.4 Å². The van der Waals surface area contributed by atoms with Crippen LogP contribution >= 0.6 is 0 Å². The lowest BCUT2D eigenvalue weighted by Gasteiger charge is -3.11. The van der Waals surface area contributed by atoms with E-state index in [0.29, 0.717) is 17.7 Å². The fourth-order valence-corrected chi connectivity index (χ4v) is 9.75. The highest BCUT2D eigenvalue weighted by Crippen LogP contribution is 3.10. The van der Waals surface area contributed by atoms with Crippen LogP contribution in [0.25, 0.3) is 5.65 Å². The molecule has 6 aliphatic carbocycles. The molecule has 186 valence electrons. The lowest BCUT2D eigenvalue weighted by Crippen LogP contribution is -3.10. The van der Waals surface area contributed by atoms with Gasteiger partial charge in [0.2, 0.25) is 0 Å². The van der Waals surface area contributed by atoms with E-state index in [-0.39, 0.29) is 47.3 Å². The molecule has 2 N–H and O–H groups in total. The largest absolute Gasteiger partial charge is 0.426 e. The Hall–Kier alpha value is -3.82. The predicted octanol–water partition coefficient (Wildman–Crippen LogP) is 1.75. The molecule has 2 amide bonds. The Bertz CT molecular complexity index is 1590. The first-order chi connectivity index (χ1) is 17.8.